The van der Waals surface area contributed by atoms with E-state index in [-0.39, 0.29) is 6.04 Å². The van der Waals surface area contributed by atoms with E-state index in [4.69, 9.17) is 14.9 Å². The average molecular weight is 292 g/mol. The first-order valence-corrected chi connectivity index (χ1v) is 8.30. The van der Waals surface area contributed by atoms with Gasteiger partial charge in [0.05, 0.1) is 12.1 Å². The van der Waals surface area contributed by atoms with E-state index in [1.165, 1.54) is 19.3 Å². The Hall–Kier alpha value is -0.840. The first-order valence-electron chi connectivity index (χ1n) is 8.30. The standard InChI is InChI=1S/C17H28N2O2/c1-12-9-14(12)16-6-7-17(21-16)15(10-18)19(2)11-13-5-3-4-8-20-13/h6-7,12-15H,3-5,8-11,18H2,1-2H3. The van der Waals surface area contributed by atoms with E-state index in [0.717, 1.165) is 37.0 Å². The van der Waals surface area contributed by atoms with E-state index in [2.05, 4.69) is 31.0 Å². The van der Waals surface area contributed by atoms with Crippen molar-refractivity contribution >= 4 is 0 Å². The van der Waals surface area contributed by atoms with E-state index < -0.39 is 0 Å². The lowest BCUT2D eigenvalue weighted by atomic mass is 10.1. The fourth-order valence-corrected chi connectivity index (χ4v) is 3.38. The molecule has 2 heterocycles. The van der Waals surface area contributed by atoms with E-state index in [9.17, 15) is 0 Å². The van der Waals surface area contributed by atoms with Gasteiger partial charge in [0.1, 0.15) is 11.5 Å². The highest BCUT2D eigenvalue weighted by atomic mass is 16.5. The van der Waals surface area contributed by atoms with Gasteiger partial charge in [-0.2, -0.15) is 0 Å². The molecular formula is C17H28N2O2. The topological polar surface area (TPSA) is 51.6 Å². The van der Waals surface area contributed by atoms with Gasteiger partial charge < -0.3 is 14.9 Å². The molecule has 2 fully saturated rings. The van der Waals surface area contributed by atoms with Gasteiger partial charge in [0.2, 0.25) is 0 Å². The van der Waals surface area contributed by atoms with Crippen LogP contribution >= 0.6 is 0 Å². The van der Waals surface area contributed by atoms with Gasteiger partial charge in [-0.1, -0.05) is 6.92 Å². The second-order valence-corrected chi connectivity index (χ2v) is 6.74. The normalized spacial score (nSPS) is 30.6. The summed E-state index contributed by atoms with van der Waals surface area (Å²) in [6, 6.07) is 4.39. The van der Waals surface area contributed by atoms with Gasteiger partial charge in [-0.25, -0.2) is 0 Å². The molecular weight excluding hydrogens is 264 g/mol. The summed E-state index contributed by atoms with van der Waals surface area (Å²) >= 11 is 0. The van der Waals surface area contributed by atoms with Crippen LogP contribution in [0, 0.1) is 5.92 Å². The van der Waals surface area contributed by atoms with Crippen LogP contribution in [0.5, 0.6) is 0 Å². The molecule has 3 rings (SSSR count). The number of hydrogen-bond donors (Lipinski definition) is 1. The summed E-state index contributed by atoms with van der Waals surface area (Å²) in [5, 5.41) is 0. The van der Waals surface area contributed by atoms with E-state index in [0.29, 0.717) is 18.6 Å². The van der Waals surface area contributed by atoms with E-state index in [1.54, 1.807) is 0 Å². The lowest BCUT2D eigenvalue weighted by Gasteiger charge is -2.31. The molecule has 2 N–H and O–H groups in total. The summed E-state index contributed by atoms with van der Waals surface area (Å²) in [6.07, 6.45) is 5.23. The molecule has 1 saturated heterocycles. The highest BCUT2D eigenvalue weighted by molar-refractivity contribution is 5.19. The van der Waals surface area contributed by atoms with Crippen molar-refractivity contribution in [1.29, 1.82) is 0 Å². The van der Waals surface area contributed by atoms with Crippen molar-refractivity contribution in [3.8, 4) is 0 Å². The number of ether oxygens (including phenoxy) is 1. The first-order chi connectivity index (χ1) is 10.2. The van der Waals surface area contributed by atoms with Crippen molar-refractivity contribution in [1.82, 2.24) is 4.90 Å². The summed E-state index contributed by atoms with van der Waals surface area (Å²) < 4.78 is 11.9. The van der Waals surface area contributed by atoms with Crippen LogP contribution in [0.2, 0.25) is 0 Å². The molecule has 1 saturated carbocycles. The van der Waals surface area contributed by atoms with Gasteiger partial charge in [0, 0.05) is 25.6 Å². The molecule has 0 aromatic carbocycles. The van der Waals surface area contributed by atoms with Crippen LogP contribution in [-0.4, -0.2) is 37.7 Å². The maximum atomic E-state index is 6.08. The zero-order valence-corrected chi connectivity index (χ0v) is 13.3. The highest BCUT2D eigenvalue weighted by Crippen LogP contribution is 2.47. The van der Waals surface area contributed by atoms with Gasteiger partial charge in [-0.05, 0) is 50.8 Å². The van der Waals surface area contributed by atoms with Crippen molar-refractivity contribution in [2.24, 2.45) is 11.7 Å². The third-order valence-electron chi connectivity index (χ3n) is 4.97. The fourth-order valence-electron chi connectivity index (χ4n) is 3.38. The fraction of sp³-hybridized carbons (Fsp3) is 0.765. The van der Waals surface area contributed by atoms with Gasteiger partial charge in [0.15, 0.2) is 0 Å². The van der Waals surface area contributed by atoms with Crippen molar-refractivity contribution in [2.75, 3.05) is 26.7 Å². The molecule has 1 aromatic rings. The zero-order chi connectivity index (χ0) is 14.8. The van der Waals surface area contributed by atoms with Gasteiger partial charge >= 0.3 is 0 Å². The van der Waals surface area contributed by atoms with Crippen LogP contribution in [0.15, 0.2) is 16.5 Å². The second-order valence-electron chi connectivity index (χ2n) is 6.74. The van der Waals surface area contributed by atoms with Crippen LogP contribution in [0.4, 0.5) is 0 Å². The first kappa shape index (κ1) is 15.1. The summed E-state index contributed by atoms with van der Waals surface area (Å²) in [4.78, 5) is 2.29. The Balaban J connectivity index is 1.61. The Morgan fingerprint density at radius 3 is 2.81 bits per heavy atom. The van der Waals surface area contributed by atoms with Crippen molar-refractivity contribution in [3.63, 3.8) is 0 Å². The third-order valence-corrected chi connectivity index (χ3v) is 4.97. The lowest BCUT2D eigenvalue weighted by molar-refractivity contribution is -0.00922. The smallest absolute Gasteiger partial charge is 0.122 e. The Kier molecular flexibility index (Phi) is 4.67. The predicted molar refractivity (Wildman–Crippen MR) is 83.2 cm³/mol. The molecule has 2 aliphatic rings. The molecule has 4 unspecified atom stereocenters. The molecule has 21 heavy (non-hydrogen) atoms. The maximum absolute atomic E-state index is 6.08. The van der Waals surface area contributed by atoms with Crippen molar-refractivity contribution < 1.29 is 9.15 Å². The van der Waals surface area contributed by atoms with Crippen LogP contribution < -0.4 is 5.73 Å². The maximum Gasteiger partial charge on any atom is 0.122 e. The Bertz CT molecular complexity index is 453. The molecule has 0 radical (unpaired) electrons. The number of hydrogen-bond acceptors (Lipinski definition) is 4. The molecule has 4 nitrogen and oxygen atoms in total. The predicted octanol–water partition coefficient (Wildman–Crippen LogP) is 2.90. The highest BCUT2D eigenvalue weighted by Gasteiger charge is 2.37. The number of likely N-dealkylation sites (N-methyl/N-ethyl adjacent to an activating group) is 1. The average Bonchev–Trinajstić information content (AvgIpc) is 3.02. The number of rotatable bonds is 6. The molecule has 1 aliphatic heterocycles. The van der Waals surface area contributed by atoms with Gasteiger partial charge in [0.25, 0.3) is 0 Å². The number of nitrogens with two attached hydrogens (primary N) is 1. The molecule has 118 valence electrons. The minimum atomic E-state index is 0.151. The van der Waals surface area contributed by atoms with Crippen molar-refractivity contribution in [3.05, 3.63) is 23.7 Å². The Labute approximate surface area is 127 Å². The van der Waals surface area contributed by atoms with E-state index in [1.807, 2.05) is 0 Å². The van der Waals surface area contributed by atoms with Crippen LogP contribution in [0.25, 0.3) is 0 Å². The largest absolute Gasteiger partial charge is 0.464 e. The summed E-state index contributed by atoms with van der Waals surface area (Å²) in [5.74, 6) is 3.54. The monoisotopic (exact) mass is 292 g/mol. The number of furan rings is 1. The number of nitrogens with zero attached hydrogens (tertiary/aromatic N) is 1. The molecule has 0 amide bonds. The minimum absolute atomic E-state index is 0.151. The summed E-state index contributed by atoms with van der Waals surface area (Å²) in [5.41, 5.74) is 6.00. The SMILES string of the molecule is CC1CC1c1ccc(C(CN)N(C)CC2CCCCO2)o1. The molecule has 0 bridgehead atoms. The molecule has 4 atom stereocenters. The minimum Gasteiger partial charge on any atom is -0.464 e. The van der Waals surface area contributed by atoms with Gasteiger partial charge in [-0.3, -0.25) is 4.90 Å². The third kappa shape index (κ3) is 3.50. The van der Waals surface area contributed by atoms with Crippen LogP contribution in [-0.2, 0) is 4.74 Å². The Morgan fingerprint density at radius 1 is 1.38 bits per heavy atom. The summed E-state index contributed by atoms with van der Waals surface area (Å²) in [7, 11) is 2.12. The van der Waals surface area contributed by atoms with Gasteiger partial charge in [-0.15, -0.1) is 0 Å². The summed E-state index contributed by atoms with van der Waals surface area (Å²) in [6.45, 7) is 4.68. The molecule has 1 aromatic heterocycles. The lowest BCUT2D eigenvalue weighted by Crippen LogP contribution is -2.38. The van der Waals surface area contributed by atoms with Crippen LogP contribution in [0.1, 0.15) is 56.1 Å². The Morgan fingerprint density at radius 2 is 2.19 bits per heavy atom. The van der Waals surface area contributed by atoms with E-state index >= 15 is 0 Å². The molecule has 0 spiro atoms. The van der Waals surface area contributed by atoms with Crippen molar-refractivity contribution in [2.45, 2.75) is 50.7 Å². The quantitative estimate of drug-likeness (QED) is 0.876. The second kappa shape index (κ2) is 6.51. The zero-order valence-electron chi connectivity index (χ0n) is 13.3. The molecule has 4 heteroatoms. The van der Waals surface area contributed by atoms with Crippen LogP contribution in [0.3, 0.4) is 0 Å². The molecule has 1 aliphatic carbocycles.